The zero-order chi connectivity index (χ0) is 21.8. The van der Waals surface area contributed by atoms with Crippen LogP contribution in [0.25, 0.3) is 16.6 Å². The molecule has 0 unspecified atom stereocenters. The molecule has 0 radical (unpaired) electrons. The molecule has 0 aliphatic heterocycles. The molecule has 0 saturated heterocycles. The molecule has 2 atom stereocenters. The summed E-state index contributed by atoms with van der Waals surface area (Å²) < 4.78 is 21.3. The number of nitrogens with two attached hydrogens (primary N) is 1. The van der Waals surface area contributed by atoms with Crippen molar-refractivity contribution in [3.05, 3.63) is 89.9 Å². The van der Waals surface area contributed by atoms with Gasteiger partial charge in [-0.1, -0.05) is 31.2 Å². The van der Waals surface area contributed by atoms with Crippen molar-refractivity contribution in [1.29, 1.82) is 0 Å². The Kier molecular flexibility index (Phi) is 8.18. The van der Waals surface area contributed by atoms with E-state index in [1.807, 2.05) is 36.9 Å². The second-order valence-electron chi connectivity index (χ2n) is 7.53. The van der Waals surface area contributed by atoms with Gasteiger partial charge < -0.3 is 10.5 Å². The summed E-state index contributed by atoms with van der Waals surface area (Å²) in [6, 6.07) is 20.4. The minimum atomic E-state index is -0.269. The van der Waals surface area contributed by atoms with Crippen LogP contribution < -0.4 is 10.5 Å². The van der Waals surface area contributed by atoms with E-state index in [9.17, 15) is 4.39 Å². The lowest BCUT2D eigenvalue weighted by Crippen LogP contribution is -2.29. The normalized spacial score (nSPS) is 12.9. The van der Waals surface area contributed by atoms with Crippen molar-refractivity contribution in [3.63, 3.8) is 0 Å². The summed E-state index contributed by atoms with van der Waals surface area (Å²) in [5, 5.41) is 5.40. The van der Waals surface area contributed by atoms with E-state index in [4.69, 9.17) is 10.5 Å². The van der Waals surface area contributed by atoms with E-state index >= 15 is 0 Å². The zero-order valence-electron chi connectivity index (χ0n) is 18.1. The largest absolute Gasteiger partial charge is 0.484 e. The molecule has 2 N–H and O–H groups in total. The van der Waals surface area contributed by atoms with Gasteiger partial charge in [0.05, 0.1) is 17.4 Å². The van der Waals surface area contributed by atoms with Crippen LogP contribution in [0.4, 0.5) is 4.39 Å². The Labute approximate surface area is 198 Å². The SMILES string of the molecule is CCSCc1ccc([C@@H](Oc2ccc3c(cnn3-c3ccc(F)cc3)c2)[C@H](C)N)cc1.Cl. The van der Waals surface area contributed by atoms with Crippen molar-refractivity contribution in [2.45, 2.75) is 31.7 Å². The van der Waals surface area contributed by atoms with Gasteiger partial charge in [-0.25, -0.2) is 9.07 Å². The average molecular weight is 472 g/mol. The molecule has 1 aromatic heterocycles. The average Bonchev–Trinajstić information content (AvgIpc) is 3.20. The Bertz CT molecular complexity index is 1150. The lowest BCUT2D eigenvalue weighted by molar-refractivity contribution is 0.180. The van der Waals surface area contributed by atoms with E-state index in [1.165, 1.54) is 17.7 Å². The van der Waals surface area contributed by atoms with Crippen molar-refractivity contribution in [2.75, 3.05) is 5.75 Å². The molecule has 4 rings (SSSR count). The number of thioether (sulfide) groups is 1. The van der Waals surface area contributed by atoms with Gasteiger partial charge >= 0.3 is 0 Å². The van der Waals surface area contributed by atoms with Crippen molar-refractivity contribution in [1.82, 2.24) is 9.78 Å². The number of aromatic nitrogens is 2. The third-order valence-corrected chi connectivity index (χ3v) is 6.08. The molecule has 4 nitrogen and oxygen atoms in total. The van der Waals surface area contributed by atoms with Gasteiger partial charge in [0.25, 0.3) is 0 Å². The fraction of sp³-hybridized carbons (Fsp3) is 0.240. The van der Waals surface area contributed by atoms with Crippen LogP contribution in [0.1, 0.15) is 31.1 Å². The summed E-state index contributed by atoms with van der Waals surface area (Å²) >= 11 is 1.90. The van der Waals surface area contributed by atoms with Crippen molar-refractivity contribution in [2.24, 2.45) is 5.73 Å². The van der Waals surface area contributed by atoms with Gasteiger partial charge in [0.15, 0.2) is 0 Å². The van der Waals surface area contributed by atoms with E-state index in [0.717, 1.165) is 39.4 Å². The monoisotopic (exact) mass is 471 g/mol. The molecule has 3 aromatic carbocycles. The fourth-order valence-corrected chi connectivity index (χ4v) is 4.15. The predicted octanol–water partition coefficient (Wildman–Crippen LogP) is 6.31. The van der Waals surface area contributed by atoms with Crippen molar-refractivity contribution in [3.8, 4) is 11.4 Å². The smallest absolute Gasteiger partial charge is 0.138 e. The number of halogens is 2. The number of rotatable bonds is 8. The Morgan fingerprint density at radius 3 is 2.44 bits per heavy atom. The van der Waals surface area contributed by atoms with Crippen LogP contribution in [0.3, 0.4) is 0 Å². The van der Waals surface area contributed by atoms with E-state index in [1.54, 1.807) is 23.0 Å². The summed E-state index contributed by atoms with van der Waals surface area (Å²) in [5.74, 6) is 2.58. The second kappa shape index (κ2) is 10.9. The molecule has 168 valence electrons. The lowest BCUT2D eigenvalue weighted by Gasteiger charge is -2.23. The Balaban J connectivity index is 0.00000289. The van der Waals surface area contributed by atoms with Crippen LogP contribution in [0, 0.1) is 5.82 Å². The van der Waals surface area contributed by atoms with Gasteiger partial charge in [-0.05, 0) is 66.3 Å². The molecule has 1 heterocycles. The second-order valence-corrected chi connectivity index (χ2v) is 8.80. The maximum Gasteiger partial charge on any atom is 0.138 e. The quantitative estimate of drug-likeness (QED) is 0.327. The van der Waals surface area contributed by atoms with Crippen LogP contribution in [-0.2, 0) is 5.75 Å². The van der Waals surface area contributed by atoms with E-state index in [-0.39, 0.29) is 30.4 Å². The predicted molar refractivity (Wildman–Crippen MR) is 134 cm³/mol. The van der Waals surface area contributed by atoms with Gasteiger partial charge in [-0.3, -0.25) is 0 Å². The van der Waals surface area contributed by atoms with Crippen LogP contribution in [0.5, 0.6) is 5.75 Å². The highest BCUT2D eigenvalue weighted by atomic mass is 35.5. The molecule has 0 aliphatic rings. The summed E-state index contributed by atoms with van der Waals surface area (Å²) in [6.45, 7) is 4.12. The van der Waals surface area contributed by atoms with Crippen LogP contribution in [0.2, 0.25) is 0 Å². The van der Waals surface area contributed by atoms with Crippen LogP contribution >= 0.6 is 24.2 Å². The van der Waals surface area contributed by atoms with Gasteiger partial charge in [-0.2, -0.15) is 16.9 Å². The van der Waals surface area contributed by atoms with E-state index < -0.39 is 0 Å². The number of ether oxygens (including phenoxy) is 1. The van der Waals surface area contributed by atoms with Gasteiger partial charge in [0, 0.05) is 17.2 Å². The van der Waals surface area contributed by atoms with Crippen LogP contribution in [0.15, 0.2) is 72.9 Å². The van der Waals surface area contributed by atoms with E-state index in [2.05, 4.69) is 36.3 Å². The molecule has 0 aliphatic carbocycles. The third kappa shape index (κ3) is 5.44. The first-order valence-electron chi connectivity index (χ1n) is 10.4. The molecule has 0 bridgehead atoms. The molecule has 0 spiro atoms. The van der Waals surface area contributed by atoms with Gasteiger partial charge in [-0.15, -0.1) is 12.4 Å². The Morgan fingerprint density at radius 2 is 1.78 bits per heavy atom. The molecule has 32 heavy (non-hydrogen) atoms. The molecule has 0 fully saturated rings. The van der Waals surface area contributed by atoms with Gasteiger partial charge in [0.2, 0.25) is 0 Å². The summed E-state index contributed by atoms with van der Waals surface area (Å²) in [6.07, 6.45) is 1.53. The highest BCUT2D eigenvalue weighted by molar-refractivity contribution is 7.98. The molecular formula is C25H27ClFN3OS. The van der Waals surface area contributed by atoms with Crippen molar-refractivity contribution >= 4 is 35.1 Å². The maximum atomic E-state index is 13.2. The van der Waals surface area contributed by atoms with E-state index in [0.29, 0.717) is 0 Å². The number of nitrogens with zero attached hydrogens (tertiary/aromatic N) is 2. The highest BCUT2D eigenvalue weighted by Gasteiger charge is 2.19. The summed E-state index contributed by atoms with van der Waals surface area (Å²) in [7, 11) is 0. The highest BCUT2D eigenvalue weighted by Crippen LogP contribution is 2.29. The van der Waals surface area contributed by atoms with Crippen molar-refractivity contribution < 1.29 is 9.13 Å². The Morgan fingerprint density at radius 1 is 1.06 bits per heavy atom. The first-order chi connectivity index (χ1) is 15.0. The fourth-order valence-electron chi connectivity index (χ4n) is 3.52. The molecular weight excluding hydrogens is 445 g/mol. The number of hydrogen-bond donors (Lipinski definition) is 1. The standard InChI is InChI=1S/C25H26FN3OS.ClH/c1-3-31-16-18-4-6-19(7-5-18)25(17(2)27)30-23-12-13-24-20(14-23)15-28-29(24)22-10-8-21(26)9-11-22;/h4-15,17,25H,3,16,27H2,1-2H3;1H/t17-,25-;/m0./s1. The van der Waals surface area contributed by atoms with Gasteiger partial charge in [0.1, 0.15) is 17.7 Å². The molecule has 7 heteroatoms. The van der Waals surface area contributed by atoms with Crippen LogP contribution in [-0.4, -0.2) is 21.6 Å². The summed E-state index contributed by atoms with van der Waals surface area (Å²) in [5.41, 5.74) is 10.4. The zero-order valence-corrected chi connectivity index (χ0v) is 19.7. The third-order valence-electron chi connectivity index (χ3n) is 5.13. The minimum Gasteiger partial charge on any atom is -0.484 e. The molecule has 0 saturated carbocycles. The molecule has 0 amide bonds. The number of benzene rings is 3. The lowest BCUT2D eigenvalue weighted by atomic mass is 10.0. The summed E-state index contributed by atoms with van der Waals surface area (Å²) in [4.78, 5) is 0. The molecule has 4 aromatic rings. The first kappa shape index (κ1) is 24.1. The number of fused-ring (bicyclic) bond motifs is 1. The first-order valence-corrected chi connectivity index (χ1v) is 11.5. The topological polar surface area (TPSA) is 53.1 Å². The minimum absolute atomic E-state index is 0. The maximum absolute atomic E-state index is 13.2. The number of hydrogen-bond acceptors (Lipinski definition) is 4. The Hall–Kier alpha value is -2.54.